The number of nitrogens with two attached hydrogens (primary N) is 1. The minimum absolute atomic E-state index is 0.202. The quantitative estimate of drug-likeness (QED) is 0.323. The van der Waals surface area contributed by atoms with Gasteiger partial charge in [-0.25, -0.2) is 0 Å². The van der Waals surface area contributed by atoms with Gasteiger partial charge in [0, 0.05) is 5.41 Å². The van der Waals surface area contributed by atoms with Gasteiger partial charge < -0.3 is 15.8 Å². The zero-order chi connectivity index (χ0) is 11.3. The molecule has 1 heterocycles. The zero-order valence-electron chi connectivity index (χ0n) is 9.87. The van der Waals surface area contributed by atoms with Gasteiger partial charge >= 0.3 is 0 Å². The first-order valence-corrected chi connectivity index (χ1v) is 5.76. The van der Waals surface area contributed by atoms with E-state index in [2.05, 4.69) is 10.1 Å². The number of hydrogen-bond donors (Lipinski definition) is 2. The predicted octanol–water partition coefficient (Wildman–Crippen LogP) is 1.63. The average Bonchev–Trinajstić information content (AvgIpc) is 2.27. The number of likely N-dealkylation sites (tertiary alicyclic amines) is 1. The maximum absolute atomic E-state index is 8.66. The molecular formula is C11H23N3O. The molecule has 4 heteroatoms. The Morgan fingerprint density at radius 2 is 1.93 bits per heavy atom. The van der Waals surface area contributed by atoms with Gasteiger partial charge in [0.2, 0.25) is 0 Å². The molecule has 0 radical (unpaired) electrons. The van der Waals surface area contributed by atoms with E-state index in [1.165, 1.54) is 32.4 Å². The maximum atomic E-state index is 8.66. The molecule has 1 aliphatic heterocycles. The molecule has 0 spiro atoms. The molecule has 0 bridgehead atoms. The van der Waals surface area contributed by atoms with Crippen LogP contribution in [0.1, 0.15) is 39.5 Å². The fourth-order valence-electron chi connectivity index (χ4n) is 1.88. The van der Waals surface area contributed by atoms with Gasteiger partial charge in [-0.2, -0.15) is 0 Å². The lowest BCUT2D eigenvalue weighted by Gasteiger charge is -2.30. The van der Waals surface area contributed by atoms with Gasteiger partial charge in [0.1, 0.15) is 5.84 Å². The summed E-state index contributed by atoms with van der Waals surface area (Å²) in [6.45, 7) is 7.49. The van der Waals surface area contributed by atoms with E-state index in [0.29, 0.717) is 5.84 Å². The summed E-state index contributed by atoms with van der Waals surface area (Å²) in [6, 6.07) is 0. The van der Waals surface area contributed by atoms with Gasteiger partial charge in [-0.3, -0.25) is 0 Å². The summed E-state index contributed by atoms with van der Waals surface area (Å²) in [4.78, 5) is 2.47. The normalized spacial score (nSPS) is 20.5. The van der Waals surface area contributed by atoms with E-state index in [0.717, 1.165) is 13.0 Å². The third-order valence-electron chi connectivity index (χ3n) is 3.30. The van der Waals surface area contributed by atoms with E-state index < -0.39 is 0 Å². The standard InChI is InChI=1S/C11H23N3O/c1-11(2,10(12)13-15)6-9-14-7-4-3-5-8-14/h15H,3-9H2,1-2H3,(H2,12,13). The lowest BCUT2D eigenvalue weighted by molar-refractivity contribution is 0.206. The third kappa shape index (κ3) is 3.70. The van der Waals surface area contributed by atoms with Crippen LogP contribution in [0.2, 0.25) is 0 Å². The molecule has 15 heavy (non-hydrogen) atoms. The molecule has 0 amide bonds. The molecule has 4 nitrogen and oxygen atoms in total. The summed E-state index contributed by atoms with van der Waals surface area (Å²) in [6.07, 6.45) is 4.93. The molecule has 0 atom stereocenters. The lowest BCUT2D eigenvalue weighted by atomic mass is 9.87. The number of nitrogens with zero attached hydrogens (tertiary/aromatic N) is 2. The van der Waals surface area contributed by atoms with Gasteiger partial charge in [0.05, 0.1) is 0 Å². The second kappa shape index (κ2) is 5.35. The predicted molar refractivity (Wildman–Crippen MR) is 62.1 cm³/mol. The van der Waals surface area contributed by atoms with E-state index in [1.807, 2.05) is 13.8 Å². The highest BCUT2D eigenvalue weighted by Gasteiger charge is 2.24. The highest BCUT2D eigenvalue weighted by atomic mass is 16.4. The van der Waals surface area contributed by atoms with Crippen LogP contribution in [0.25, 0.3) is 0 Å². The first kappa shape index (κ1) is 12.3. The van der Waals surface area contributed by atoms with Crippen molar-refractivity contribution >= 4 is 5.84 Å². The molecule has 1 aliphatic rings. The topological polar surface area (TPSA) is 61.8 Å². The van der Waals surface area contributed by atoms with Crippen LogP contribution in [0.5, 0.6) is 0 Å². The van der Waals surface area contributed by atoms with Crippen LogP contribution in [0.15, 0.2) is 5.16 Å². The van der Waals surface area contributed by atoms with Gasteiger partial charge in [-0.15, -0.1) is 0 Å². The Morgan fingerprint density at radius 1 is 1.33 bits per heavy atom. The fourth-order valence-corrected chi connectivity index (χ4v) is 1.88. The Bertz CT molecular complexity index is 220. The lowest BCUT2D eigenvalue weighted by Crippen LogP contribution is -2.38. The number of hydrogen-bond acceptors (Lipinski definition) is 3. The van der Waals surface area contributed by atoms with E-state index in [1.54, 1.807) is 0 Å². The maximum Gasteiger partial charge on any atom is 0.144 e. The number of rotatable bonds is 4. The van der Waals surface area contributed by atoms with Gasteiger partial charge in [0.25, 0.3) is 0 Å². The Kier molecular flexibility index (Phi) is 4.39. The summed E-state index contributed by atoms with van der Waals surface area (Å²) >= 11 is 0. The van der Waals surface area contributed by atoms with Crippen molar-refractivity contribution < 1.29 is 5.21 Å². The largest absolute Gasteiger partial charge is 0.409 e. The van der Waals surface area contributed by atoms with Crippen molar-refractivity contribution in [2.75, 3.05) is 19.6 Å². The summed E-state index contributed by atoms with van der Waals surface area (Å²) in [5.74, 6) is 0.333. The van der Waals surface area contributed by atoms with Crippen molar-refractivity contribution in [2.45, 2.75) is 39.5 Å². The van der Waals surface area contributed by atoms with Gasteiger partial charge in [0.15, 0.2) is 0 Å². The molecule has 0 unspecified atom stereocenters. The zero-order valence-corrected chi connectivity index (χ0v) is 9.87. The molecule has 0 aromatic carbocycles. The minimum atomic E-state index is -0.202. The average molecular weight is 213 g/mol. The van der Waals surface area contributed by atoms with Crippen molar-refractivity contribution in [3.8, 4) is 0 Å². The highest BCUT2D eigenvalue weighted by molar-refractivity contribution is 5.85. The molecule has 1 saturated heterocycles. The molecule has 1 fully saturated rings. The Hall–Kier alpha value is -0.770. The van der Waals surface area contributed by atoms with Crippen LogP contribution >= 0.6 is 0 Å². The SMILES string of the molecule is CC(C)(CCN1CCCCC1)C(N)=NO. The van der Waals surface area contributed by atoms with Crippen LogP contribution in [-0.2, 0) is 0 Å². The van der Waals surface area contributed by atoms with Gasteiger partial charge in [-0.1, -0.05) is 25.4 Å². The summed E-state index contributed by atoms with van der Waals surface area (Å²) in [5.41, 5.74) is 5.45. The minimum Gasteiger partial charge on any atom is -0.409 e. The molecule has 1 rings (SSSR count). The third-order valence-corrected chi connectivity index (χ3v) is 3.30. The number of oxime groups is 1. The summed E-state index contributed by atoms with van der Waals surface area (Å²) < 4.78 is 0. The fraction of sp³-hybridized carbons (Fsp3) is 0.909. The van der Waals surface area contributed by atoms with Crippen molar-refractivity contribution in [1.29, 1.82) is 0 Å². The van der Waals surface area contributed by atoms with Crippen molar-refractivity contribution in [3.63, 3.8) is 0 Å². The smallest absolute Gasteiger partial charge is 0.144 e. The van der Waals surface area contributed by atoms with Crippen LogP contribution in [-0.4, -0.2) is 35.6 Å². The van der Waals surface area contributed by atoms with E-state index in [4.69, 9.17) is 10.9 Å². The van der Waals surface area contributed by atoms with Gasteiger partial charge in [-0.05, 0) is 38.9 Å². The van der Waals surface area contributed by atoms with E-state index in [-0.39, 0.29) is 5.41 Å². The van der Waals surface area contributed by atoms with Crippen LogP contribution in [0, 0.1) is 5.41 Å². The van der Waals surface area contributed by atoms with Crippen LogP contribution in [0.4, 0.5) is 0 Å². The second-order valence-electron chi connectivity index (χ2n) is 5.02. The van der Waals surface area contributed by atoms with Crippen LogP contribution in [0.3, 0.4) is 0 Å². The van der Waals surface area contributed by atoms with Crippen LogP contribution < -0.4 is 5.73 Å². The molecule has 88 valence electrons. The molecule has 3 N–H and O–H groups in total. The summed E-state index contributed by atoms with van der Waals surface area (Å²) in [5, 5.41) is 11.8. The summed E-state index contributed by atoms with van der Waals surface area (Å²) in [7, 11) is 0. The second-order valence-corrected chi connectivity index (χ2v) is 5.02. The molecule has 0 aromatic heterocycles. The van der Waals surface area contributed by atoms with E-state index >= 15 is 0 Å². The molecule has 0 aromatic rings. The number of piperidine rings is 1. The molecule has 0 saturated carbocycles. The Morgan fingerprint density at radius 3 is 2.47 bits per heavy atom. The Labute approximate surface area is 92.1 Å². The first-order chi connectivity index (χ1) is 7.06. The highest BCUT2D eigenvalue weighted by Crippen LogP contribution is 2.21. The Balaban J connectivity index is 2.34. The molecular weight excluding hydrogens is 190 g/mol. The monoisotopic (exact) mass is 213 g/mol. The number of amidine groups is 1. The van der Waals surface area contributed by atoms with Crippen molar-refractivity contribution in [2.24, 2.45) is 16.3 Å². The molecule has 0 aliphatic carbocycles. The first-order valence-electron chi connectivity index (χ1n) is 5.76. The van der Waals surface area contributed by atoms with E-state index in [9.17, 15) is 0 Å². The van der Waals surface area contributed by atoms with Crippen molar-refractivity contribution in [1.82, 2.24) is 4.90 Å². The van der Waals surface area contributed by atoms with Crippen molar-refractivity contribution in [3.05, 3.63) is 0 Å².